The minimum Gasteiger partial charge on any atom is -0.456 e. The highest BCUT2D eigenvalue weighted by Crippen LogP contribution is 2.19. The first kappa shape index (κ1) is 12.2. The summed E-state index contributed by atoms with van der Waals surface area (Å²) >= 11 is 0. The van der Waals surface area contributed by atoms with Gasteiger partial charge in [-0.05, 0) is 18.9 Å². The summed E-state index contributed by atoms with van der Waals surface area (Å²) in [7, 11) is 0. The fourth-order valence-corrected chi connectivity index (χ4v) is 1.69. The van der Waals surface area contributed by atoms with Crippen LogP contribution in [0.15, 0.2) is 11.6 Å². The lowest BCUT2D eigenvalue weighted by molar-refractivity contribution is -0.148. The Morgan fingerprint density at radius 2 is 2.40 bits per heavy atom. The summed E-state index contributed by atoms with van der Waals surface area (Å²) in [6, 6.07) is 0. The minimum absolute atomic E-state index is 0.180. The maximum Gasteiger partial charge on any atom is 0.303 e. The fourth-order valence-electron chi connectivity index (χ4n) is 1.69. The van der Waals surface area contributed by atoms with Gasteiger partial charge >= 0.3 is 5.97 Å². The van der Waals surface area contributed by atoms with E-state index in [0.717, 1.165) is 12.0 Å². The van der Waals surface area contributed by atoms with Crippen molar-refractivity contribution in [2.24, 2.45) is 0 Å². The Bertz CT molecular complexity index is 245. The molecule has 1 aliphatic heterocycles. The molecule has 0 saturated heterocycles. The lowest BCUT2D eigenvalue weighted by Crippen LogP contribution is -2.31. The van der Waals surface area contributed by atoms with Crippen LogP contribution in [0.5, 0.6) is 0 Å². The van der Waals surface area contributed by atoms with Crippen LogP contribution in [0.25, 0.3) is 0 Å². The third kappa shape index (κ3) is 4.04. The molecule has 0 spiro atoms. The van der Waals surface area contributed by atoms with Gasteiger partial charge in [0, 0.05) is 6.92 Å². The number of esters is 1. The van der Waals surface area contributed by atoms with Gasteiger partial charge in [0.05, 0.1) is 12.7 Å². The summed E-state index contributed by atoms with van der Waals surface area (Å²) in [5, 5.41) is 0. The van der Waals surface area contributed by atoms with E-state index in [1.807, 2.05) is 6.92 Å². The molecule has 3 nitrogen and oxygen atoms in total. The largest absolute Gasteiger partial charge is 0.456 e. The van der Waals surface area contributed by atoms with E-state index < -0.39 is 0 Å². The molecule has 0 aromatic carbocycles. The molecule has 0 saturated carbocycles. The van der Waals surface area contributed by atoms with Crippen LogP contribution in [0.1, 0.15) is 40.0 Å². The first-order valence-corrected chi connectivity index (χ1v) is 5.60. The van der Waals surface area contributed by atoms with Crippen molar-refractivity contribution in [1.29, 1.82) is 0 Å². The van der Waals surface area contributed by atoms with Gasteiger partial charge in [-0.3, -0.25) is 4.79 Å². The van der Waals surface area contributed by atoms with Gasteiger partial charge in [-0.1, -0.05) is 25.8 Å². The first-order valence-electron chi connectivity index (χ1n) is 5.60. The van der Waals surface area contributed by atoms with Crippen LogP contribution in [0, 0.1) is 0 Å². The molecule has 15 heavy (non-hydrogen) atoms. The number of hydrogen-bond donors (Lipinski definition) is 0. The zero-order valence-electron chi connectivity index (χ0n) is 9.79. The van der Waals surface area contributed by atoms with Crippen LogP contribution in [0.3, 0.4) is 0 Å². The first-order chi connectivity index (χ1) is 7.13. The summed E-state index contributed by atoms with van der Waals surface area (Å²) < 4.78 is 10.7. The Morgan fingerprint density at radius 1 is 1.67 bits per heavy atom. The summed E-state index contributed by atoms with van der Waals surface area (Å²) in [5.41, 5.74) is 1.11. The van der Waals surface area contributed by atoms with E-state index in [9.17, 15) is 4.79 Å². The van der Waals surface area contributed by atoms with Crippen LogP contribution in [0.4, 0.5) is 0 Å². The van der Waals surface area contributed by atoms with Gasteiger partial charge in [0.2, 0.25) is 0 Å². The molecule has 1 aliphatic rings. The predicted molar refractivity (Wildman–Crippen MR) is 58.6 cm³/mol. The van der Waals surface area contributed by atoms with Gasteiger partial charge in [-0.15, -0.1) is 0 Å². The molecular weight excluding hydrogens is 192 g/mol. The molecule has 0 fully saturated rings. The van der Waals surface area contributed by atoms with E-state index >= 15 is 0 Å². The Morgan fingerprint density at radius 3 is 2.93 bits per heavy atom. The average Bonchev–Trinajstić information content (AvgIpc) is 2.18. The van der Waals surface area contributed by atoms with E-state index in [2.05, 4.69) is 13.0 Å². The van der Waals surface area contributed by atoms with Gasteiger partial charge in [-0.2, -0.15) is 0 Å². The highest BCUT2D eigenvalue weighted by atomic mass is 16.6. The van der Waals surface area contributed by atoms with Crippen molar-refractivity contribution in [3.8, 4) is 0 Å². The van der Waals surface area contributed by atoms with E-state index in [1.165, 1.54) is 19.8 Å². The number of carbonyl (C=O) groups is 1. The van der Waals surface area contributed by atoms with Gasteiger partial charge in [0.15, 0.2) is 0 Å². The van der Waals surface area contributed by atoms with Crippen molar-refractivity contribution in [1.82, 2.24) is 0 Å². The highest BCUT2D eigenvalue weighted by Gasteiger charge is 2.22. The SMILES string of the molecule is CCCC[C@@H]1C=C(C)[C@@H](OC(C)=O)CO1. The van der Waals surface area contributed by atoms with E-state index in [-0.39, 0.29) is 18.2 Å². The van der Waals surface area contributed by atoms with Crippen LogP contribution in [-0.4, -0.2) is 24.8 Å². The third-order valence-electron chi connectivity index (χ3n) is 2.57. The van der Waals surface area contributed by atoms with Gasteiger partial charge in [-0.25, -0.2) is 0 Å². The van der Waals surface area contributed by atoms with E-state index in [4.69, 9.17) is 9.47 Å². The normalized spacial score (nSPS) is 25.9. The topological polar surface area (TPSA) is 35.5 Å². The number of ether oxygens (including phenoxy) is 2. The molecule has 0 radical (unpaired) electrons. The smallest absolute Gasteiger partial charge is 0.303 e. The molecule has 0 amide bonds. The van der Waals surface area contributed by atoms with E-state index in [0.29, 0.717) is 6.61 Å². The van der Waals surface area contributed by atoms with E-state index in [1.54, 1.807) is 0 Å². The lowest BCUT2D eigenvalue weighted by Gasteiger charge is -2.27. The Hall–Kier alpha value is -0.830. The van der Waals surface area contributed by atoms with Crippen molar-refractivity contribution in [2.45, 2.75) is 52.2 Å². The second-order valence-electron chi connectivity index (χ2n) is 4.02. The maximum atomic E-state index is 10.8. The lowest BCUT2D eigenvalue weighted by atomic mass is 10.0. The van der Waals surface area contributed by atoms with Crippen LogP contribution in [-0.2, 0) is 14.3 Å². The van der Waals surface area contributed by atoms with Crippen LogP contribution in [0.2, 0.25) is 0 Å². The Kier molecular flexibility index (Phi) is 4.82. The Balaban J connectivity index is 2.46. The molecule has 2 atom stereocenters. The zero-order valence-corrected chi connectivity index (χ0v) is 9.79. The molecule has 0 unspecified atom stereocenters. The third-order valence-corrected chi connectivity index (χ3v) is 2.57. The molecule has 0 bridgehead atoms. The van der Waals surface area contributed by atoms with Crippen LogP contribution < -0.4 is 0 Å². The molecule has 0 aromatic heterocycles. The minimum atomic E-state index is -0.247. The molecule has 0 aromatic rings. The summed E-state index contributed by atoms with van der Waals surface area (Å²) in [4.78, 5) is 10.8. The fraction of sp³-hybridized carbons (Fsp3) is 0.750. The van der Waals surface area contributed by atoms with Gasteiger partial charge in [0.1, 0.15) is 6.10 Å². The van der Waals surface area contributed by atoms with Gasteiger partial charge in [0.25, 0.3) is 0 Å². The van der Waals surface area contributed by atoms with Crippen molar-refractivity contribution >= 4 is 5.97 Å². The van der Waals surface area contributed by atoms with Gasteiger partial charge < -0.3 is 9.47 Å². The molecule has 1 rings (SSSR count). The van der Waals surface area contributed by atoms with Crippen molar-refractivity contribution in [3.05, 3.63) is 11.6 Å². The standard InChI is InChI=1S/C12H20O3/c1-4-5-6-11-7-9(2)12(8-14-11)15-10(3)13/h7,11-12H,4-6,8H2,1-3H3/t11-,12+/m1/s1. The number of hydrogen-bond acceptors (Lipinski definition) is 3. The molecule has 86 valence electrons. The summed E-state index contributed by atoms with van der Waals surface area (Å²) in [5.74, 6) is -0.247. The summed E-state index contributed by atoms with van der Waals surface area (Å²) in [6.07, 6.45) is 5.51. The molecule has 0 N–H and O–H groups in total. The molecule has 1 heterocycles. The van der Waals surface area contributed by atoms with Crippen molar-refractivity contribution < 1.29 is 14.3 Å². The predicted octanol–water partition coefficient (Wildman–Crippen LogP) is 2.45. The molecular formula is C12H20O3. The van der Waals surface area contributed by atoms with Crippen molar-refractivity contribution in [2.75, 3.05) is 6.61 Å². The average molecular weight is 212 g/mol. The monoisotopic (exact) mass is 212 g/mol. The maximum absolute atomic E-state index is 10.8. The number of carbonyl (C=O) groups excluding carboxylic acids is 1. The molecule has 3 heteroatoms. The second-order valence-corrected chi connectivity index (χ2v) is 4.02. The molecule has 0 aliphatic carbocycles. The summed E-state index contributed by atoms with van der Waals surface area (Å²) in [6.45, 7) is 6.09. The van der Waals surface area contributed by atoms with Crippen molar-refractivity contribution in [3.63, 3.8) is 0 Å². The zero-order chi connectivity index (χ0) is 11.3. The number of unbranched alkanes of at least 4 members (excludes halogenated alkanes) is 1. The van der Waals surface area contributed by atoms with Crippen LogP contribution >= 0.6 is 0 Å². The second kappa shape index (κ2) is 5.91. The Labute approximate surface area is 91.4 Å². The number of rotatable bonds is 4. The highest BCUT2D eigenvalue weighted by molar-refractivity contribution is 5.66. The quantitative estimate of drug-likeness (QED) is 0.530.